The molecule has 0 fully saturated rings. The molecule has 6 nitrogen and oxygen atoms in total. The highest BCUT2D eigenvalue weighted by atomic mass is 16.5. The van der Waals surface area contributed by atoms with Crippen LogP contribution in [-0.2, 0) is 9.53 Å². The summed E-state index contributed by atoms with van der Waals surface area (Å²) in [6.45, 7) is 6.91. The SMILES string of the molecule is [C-]#[N+]c1ccc(-c2cnc(C(=O)CCC(=O)OC)c(O)c2)cc1. The minimum absolute atomic E-state index is 0.0592. The molecule has 1 aromatic heterocycles. The maximum Gasteiger partial charge on any atom is 0.305 e. The molecule has 0 aliphatic carbocycles. The summed E-state index contributed by atoms with van der Waals surface area (Å²) >= 11 is 0. The highest BCUT2D eigenvalue weighted by molar-refractivity contribution is 5.98. The van der Waals surface area contributed by atoms with Gasteiger partial charge >= 0.3 is 5.97 Å². The van der Waals surface area contributed by atoms with E-state index < -0.39 is 11.8 Å². The summed E-state index contributed by atoms with van der Waals surface area (Å²) in [5.41, 5.74) is 1.84. The second-order valence-electron chi connectivity index (χ2n) is 4.75. The number of ketones is 1. The molecule has 0 unspecified atom stereocenters. The number of carbonyl (C=O) groups excluding carboxylic acids is 2. The molecule has 0 amide bonds. The van der Waals surface area contributed by atoms with Crippen LogP contribution in [0.4, 0.5) is 5.69 Å². The molecule has 0 atom stereocenters. The Bertz CT molecular complexity index is 776. The Labute approximate surface area is 133 Å². The van der Waals surface area contributed by atoms with Gasteiger partial charge in [0.05, 0.1) is 20.1 Å². The van der Waals surface area contributed by atoms with Crippen LogP contribution >= 0.6 is 0 Å². The van der Waals surface area contributed by atoms with Gasteiger partial charge in [-0.3, -0.25) is 9.59 Å². The van der Waals surface area contributed by atoms with Crippen molar-refractivity contribution in [3.8, 4) is 16.9 Å². The molecule has 1 heterocycles. The summed E-state index contributed by atoms with van der Waals surface area (Å²) in [4.78, 5) is 30.3. The van der Waals surface area contributed by atoms with Gasteiger partial charge < -0.3 is 9.84 Å². The van der Waals surface area contributed by atoms with E-state index in [0.717, 1.165) is 5.56 Å². The second-order valence-corrected chi connectivity index (χ2v) is 4.75. The molecule has 0 radical (unpaired) electrons. The van der Waals surface area contributed by atoms with E-state index in [0.29, 0.717) is 11.3 Å². The third-order valence-electron chi connectivity index (χ3n) is 3.25. The van der Waals surface area contributed by atoms with Crippen LogP contribution in [0, 0.1) is 6.57 Å². The first-order chi connectivity index (χ1) is 11.0. The average molecular weight is 310 g/mol. The zero-order valence-electron chi connectivity index (χ0n) is 12.4. The summed E-state index contributed by atoms with van der Waals surface area (Å²) < 4.78 is 4.47. The zero-order chi connectivity index (χ0) is 16.8. The van der Waals surface area contributed by atoms with Crippen molar-refractivity contribution in [3.63, 3.8) is 0 Å². The van der Waals surface area contributed by atoms with Crippen LogP contribution in [0.3, 0.4) is 0 Å². The topological polar surface area (TPSA) is 80.9 Å². The van der Waals surface area contributed by atoms with Crippen LogP contribution in [0.25, 0.3) is 16.0 Å². The lowest BCUT2D eigenvalue weighted by Crippen LogP contribution is -2.07. The standard InChI is InChI=1S/C17H14N2O4/c1-18-13-5-3-11(4-6-13)12-9-15(21)17(19-10-12)14(20)7-8-16(22)23-2/h3-6,9-10,21H,7-8H2,2H3. The highest BCUT2D eigenvalue weighted by Gasteiger charge is 2.15. The van der Waals surface area contributed by atoms with E-state index in [1.165, 1.54) is 19.4 Å². The predicted molar refractivity (Wildman–Crippen MR) is 83.2 cm³/mol. The van der Waals surface area contributed by atoms with Gasteiger partial charge in [0.2, 0.25) is 0 Å². The number of rotatable bonds is 5. The molecular weight excluding hydrogens is 296 g/mol. The van der Waals surface area contributed by atoms with Crippen molar-refractivity contribution in [1.82, 2.24) is 4.98 Å². The fourth-order valence-corrected chi connectivity index (χ4v) is 1.99. The third-order valence-corrected chi connectivity index (χ3v) is 3.25. The van der Waals surface area contributed by atoms with Crippen molar-refractivity contribution < 1.29 is 19.4 Å². The summed E-state index contributed by atoms with van der Waals surface area (Å²) in [6.07, 6.45) is 1.33. The van der Waals surface area contributed by atoms with E-state index in [2.05, 4.69) is 14.6 Å². The molecular formula is C17H14N2O4. The van der Waals surface area contributed by atoms with Crippen LogP contribution in [0.15, 0.2) is 36.5 Å². The molecule has 0 aliphatic rings. The number of benzene rings is 1. The van der Waals surface area contributed by atoms with Crippen molar-refractivity contribution in [2.75, 3.05) is 7.11 Å². The number of hydrogen-bond acceptors (Lipinski definition) is 5. The molecule has 1 N–H and O–H groups in total. The molecule has 0 saturated heterocycles. The highest BCUT2D eigenvalue weighted by Crippen LogP contribution is 2.27. The van der Waals surface area contributed by atoms with E-state index in [4.69, 9.17) is 6.57 Å². The number of methoxy groups -OCH3 is 1. The quantitative estimate of drug-likeness (QED) is 0.521. The van der Waals surface area contributed by atoms with E-state index in [9.17, 15) is 14.7 Å². The monoisotopic (exact) mass is 310 g/mol. The van der Waals surface area contributed by atoms with Gasteiger partial charge in [-0.15, -0.1) is 0 Å². The van der Waals surface area contributed by atoms with Gasteiger partial charge in [0.1, 0.15) is 11.4 Å². The number of Topliss-reactive ketones (excluding diaryl/α,β-unsaturated/α-hetero) is 1. The molecule has 23 heavy (non-hydrogen) atoms. The van der Waals surface area contributed by atoms with Gasteiger partial charge in [0, 0.05) is 18.2 Å². The smallest absolute Gasteiger partial charge is 0.305 e. The fourth-order valence-electron chi connectivity index (χ4n) is 1.99. The predicted octanol–water partition coefficient (Wildman–Crippen LogP) is 3.14. The number of aromatic hydroxyl groups is 1. The number of ether oxygens (including phenoxy) is 1. The molecule has 2 aromatic rings. The van der Waals surface area contributed by atoms with E-state index in [1.54, 1.807) is 24.3 Å². The number of aromatic nitrogens is 1. The maximum absolute atomic E-state index is 12.0. The van der Waals surface area contributed by atoms with Crippen LogP contribution < -0.4 is 0 Å². The molecule has 116 valence electrons. The van der Waals surface area contributed by atoms with Crippen molar-refractivity contribution in [2.45, 2.75) is 12.8 Å². The normalized spacial score (nSPS) is 9.91. The molecule has 0 bridgehead atoms. The number of carbonyl (C=O) groups is 2. The first-order valence-corrected chi connectivity index (χ1v) is 6.82. The summed E-state index contributed by atoms with van der Waals surface area (Å²) in [5.74, 6) is -1.16. The summed E-state index contributed by atoms with van der Waals surface area (Å²) in [5, 5.41) is 10.00. The number of hydrogen-bond donors (Lipinski definition) is 1. The Hall–Kier alpha value is -3.20. The van der Waals surface area contributed by atoms with Gasteiger partial charge in [-0.05, 0) is 11.6 Å². The van der Waals surface area contributed by atoms with E-state index >= 15 is 0 Å². The average Bonchev–Trinajstić information content (AvgIpc) is 2.59. The minimum Gasteiger partial charge on any atom is -0.506 e. The van der Waals surface area contributed by atoms with Crippen LogP contribution in [0.2, 0.25) is 0 Å². The Balaban J connectivity index is 2.18. The third kappa shape index (κ3) is 3.92. The Morgan fingerprint density at radius 3 is 2.48 bits per heavy atom. The maximum atomic E-state index is 12.0. The summed E-state index contributed by atoms with van der Waals surface area (Å²) in [7, 11) is 1.25. The molecule has 0 aliphatic heterocycles. The van der Waals surface area contributed by atoms with Crippen molar-refractivity contribution in [3.05, 3.63) is 53.6 Å². The number of pyridine rings is 1. The van der Waals surface area contributed by atoms with Crippen LogP contribution in [-0.4, -0.2) is 29.0 Å². The van der Waals surface area contributed by atoms with Crippen molar-refractivity contribution >= 4 is 17.4 Å². The Morgan fingerprint density at radius 2 is 1.91 bits per heavy atom. The molecule has 0 spiro atoms. The number of esters is 1. The molecule has 1 aromatic carbocycles. The molecule has 0 saturated carbocycles. The second kappa shape index (κ2) is 7.18. The number of nitrogens with zero attached hydrogens (tertiary/aromatic N) is 2. The van der Waals surface area contributed by atoms with Crippen LogP contribution in [0.1, 0.15) is 23.3 Å². The summed E-state index contributed by atoms with van der Waals surface area (Å²) in [6, 6.07) is 8.24. The van der Waals surface area contributed by atoms with Crippen molar-refractivity contribution in [2.24, 2.45) is 0 Å². The first kappa shape index (κ1) is 16.2. The van der Waals surface area contributed by atoms with Gasteiger partial charge in [-0.2, -0.15) is 0 Å². The van der Waals surface area contributed by atoms with E-state index in [1.807, 2.05) is 0 Å². The van der Waals surface area contributed by atoms with Gasteiger partial charge in [0.15, 0.2) is 11.5 Å². The fraction of sp³-hybridized carbons (Fsp3) is 0.176. The van der Waals surface area contributed by atoms with Gasteiger partial charge in [0.25, 0.3) is 0 Å². The van der Waals surface area contributed by atoms with Crippen LogP contribution in [0.5, 0.6) is 5.75 Å². The molecule has 6 heteroatoms. The Kier molecular flexibility index (Phi) is 5.05. The Morgan fingerprint density at radius 1 is 1.22 bits per heavy atom. The van der Waals surface area contributed by atoms with Gasteiger partial charge in [-0.1, -0.05) is 24.3 Å². The van der Waals surface area contributed by atoms with Crippen molar-refractivity contribution in [1.29, 1.82) is 0 Å². The lowest BCUT2D eigenvalue weighted by Gasteiger charge is -2.06. The molecule has 2 rings (SSSR count). The lowest BCUT2D eigenvalue weighted by atomic mass is 10.0. The van der Waals surface area contributed by atoms with E-state index in [-0.39, 0.29) is 24.3 Å². The lowest BCUT2D eigenvalue weighted by molar-refractivity contribution is -0.140. The largest absolute Gasteiger partial charge is 0.506 e. The zero-order valence-corrected chi connectivity index (χ0v) is 12.4. The van der Waals surface area contributed by atoms with Gasteiger partial charge in [-0.25, -0.2) is 9.83 Å². The first-order valence-electron chi connectivity index (χ1n) is 6.82. The minimum atomic E-state index is -0.491.